The number of hydrogen-bond donors (Lipinski definition) is 0. The maximum absolute atomic E-state index is 12.4. The third kappa shape index (κ3) is 3.37. The predicted molar refractivity (Wildman–Crippen MR) is 79.9 cm³/mol. The van der Waals surface area contributed by atoms with Gasteiger partial charge in [0.1, 0.15) is 10.8 Å². The number of aryl methyl sites for hydroxylation is 1. The van der Waals surface area contributed by atoms with Crippen LogP contribution in [0.5, 0.6) is 0 Å². The highest BCUT2D eigenvalue weighted by Crippen LogP contribution is 2.25. The van der Waals surface area contributed by atoms with Gasteiger partial charge in [0.15, 0.2) is 5.82 Å². The molecule has 120 valence electrons. The van der Waals surface area contributed by atoms with Gasteiger partial charge in [-0.25, -0.2) is 8.42 Å². The van der Waals surface area contributed by atoms with Gasteiger partial charge in [-0.2, -0.15) is 9.29 Å². The molecule has 0 N–H and O–H groups in total. The SMILES string of the molecule is Cc1noc(COC2CCN(S(=O)(=O)c3cccs3)CC2)n1. The van der Waals surface area contributed by atoms with Gasteiger partial charge >= 0.3 is 0 Å². The van der Waals surface area contributed by atoms with Crippen LogP contribution in [0.15, 0.2) is 26.2 Å². The number of piperidine rings is 1. The lowest BCUT2D eigenvalue weighted by molar-refractivity contribution is -0.00117. The molecule has 0 aromatic carbocycles. The van der Waals surface area contributed by atoms with E-state index in [0.717, 1.165) is 0 Å². The first-order valence-corrected chi connectivity index (χ1v) is 9.32. The molecule has 1 aliphatic heterocycles. The fraction of sp³-hybridized carbons (Fsp3) is 0.538. The van der Waals surface area contributed by atoms with Crippen LogP contribution in [0.25, 0.3) is 0 Å². The Hall–Kier alpha value is -1.29. The Morgan fingerprint density at radius 3 is 2.82 bits per heavy atom. The second kappa shape index (κ2) is 6.45. The van der Waals surface area contributed by atoms with Gasteiger partial charge in [0.25, 0.3) is 15.9 Å². The first kappa shape index (κ1) is 15.6. The summed E-state index contributed by atoms with van der Waals surface area (Å²) in [5, 5.41) is 5.47. The highest BCUT2D eigenvalue weighted by atomic mass is 32.2. The molecule has 1 fully saturated rings. The van der Waals surface area contributed by atoms with E-state index in [1.54, 1.807) is 24.4 Å². The van der Waals surface area contributed by atoms with Crippen molar-refractivity contribution in [2.24, 2.45) is 0 Å². The lowest BCUT2D eigenvalue weighted by atomic mass is 10.1. The van der Waals surface area contributed by atoms with Crippen molar-refractivity contribution in [3.05, 3.63) is 29.2 Å². The van der Waals surface area contributed by atoms with Gasteiger partial charge in [0.05, 0.1) is 6.10 Å². The van der Waals surface area contributed by atoms with Crippen LogP contribution in [-0.2, 0) is 21.4 Å². The topological polar surface area (TPSA) is 85.5 Å². The molecule has 0 aliphatic carbocycles. The van der Waals surface area contributed by atoms with Crippen molar-refractivity contribution in [1.82, 2.24) is 14.4 Å². The largest absolute Gasteiger partial charge is 0.368 e. The second-order valence-corrected chi connectivity index (χ2v) is 8.19. The van der Waals surface area contributed by atoms with Crippen LogP contribution in [0.4, 0.5) is 0 Å². The molecule has 0 atom stereocenters. The van der Waals surface area contributed by atoms with E-state index in [0.29, 0.717) is 41.9 Å². The Balaban J connectivity index is 1.52. The van der Waals surface area contributed by atoms with Gasteiger partial charge < -0.3 is 9.26 Å². The molecule has 1 saturated heterocycles. The lowest BCUT2D eigenvalue weighted by Crippen LogP contribution is -2.40. The zero-order valence-electron chi connectivity index (χ0n) is 12.1. The van der Waals surface area contributed by atoms with Gasteiger partial charge in [-0.3, -0.25) is 0 Å². The monoisotopic (exact) mass is 343 g/mol. The minimum absolute atomic E-state index is 0.0157. The number of rotatable bonds is 5. The molecule has 22 heavy (non-hydrogen) atoms. The summed E-state index contributed by atoms with van der Waals surface area (Å²) in [6.07, 6.45) is 1.34. The summed E-state index contributed by atoms with van der Waals surface area (Å²) >= 11 is 1.25. The molecule has 1 aliphatic rings. The summed E-state index contributed by atoms with van der Waals surface area (Å²) in [7, 11) is -3.35. The number of thiophene rings is 1. The third-order valence-corrected chi connectivity index (χ3v) is 6.77. The molecule has 0 radical (unpaired) electrons. The summed E-state index contributed by atoms with van der Waals surface area (Å²) in [6.45, 7) is 2.95. The Labute approximate surface area is 132 Å². The van der Waals surface area contributed by atoms with E-state index in [4.69, 9.17) is 9.26 Å². The van der Waals surface area contributed by atoms with Crippen molar-refractivity contribution < 1.29 is 17.7 Å². The zero-order valence-corrected chi connectivity index (χ0v) is 13.8. The summed E-state index contributed by atoms with van der Waals surface area (Å²) in [5.41, 5.74) is 0. The van der Waals surface area contributed by atoms with E-state index in [1.807, 2.05) is 0 Å². The molecule has 3 rings (SSSR count). The smallest absolute Gasteiger partial charge is 0.252 e. The number of nitrogens with zero attached hydrogens (tertiary/aromatic N) is 3. The zero-order chi connectivity index (χ0) is 15.6. The fourth-order valence-electron chi connectivity index (χ4n) is 2.36. The van der Waals surface area contributed by atoms with Crippen LogP contribution in [-0.4, -0.2) is 42.1 Å². The van der Waals surface area contributed by atoms with Gasteiger partial charge in [-0.05, 0) is 31.2 Å². The molecule has 2 aromatic rings. The molecule has 0 spiro atoms. The Morgan fingerprint density at radius 1 is 1.45 bits per heavy atom. The average Bonchev–Trinajstić information content (AvgIpc) is 3.17. The van der Waals surface area contributed by atoms with Crippen molar-refractivity contribution in [2.75, 3.05) is 13.1 Å². The van der Waals surface area contributed by atoms with Crippen molar-refractivity contribution >= 4 is 21.4 Å². The summed E-state index contributed by atoms with van der Waals surface area (Å²) in [4.78, 5) is 4.08. The third-order valence-electron chi connectivity index (χ3n) is 3.50. The number of aromatic nitrogens is 2. The van der Waals surface area contributed by atoms with Crippen LogP contribution >= 0.6 is 11.3 Å². The van der Waals surface area contributed by atoms with Crippen molar-refractivity contribution in [3.63, 3.8) is 0 Å². The molecular formula is C13H17N3O4S2. The van der Waals surface area contributed by atoms with Crippen molar-refractivity contribution in [2.45, 2.75) is 36.7 Å². The van der Waals surface area contributed by atoms with E-state index < -0.39 is 10.0 Å². The quantitative estimate of drug-likeness (QED) is 0.823. The van der Waals surface area contributed by atoms with E-state index in [9.17, 15) is 8.42 Å². The van der Waals surface area contributed by atoms with Crippen LogP contribution in [0.3, 0.4) is 0 Å². The van der Waals surface area contributed by atoms with Crippen molar-refractivity contribution in [1.29, 1.82) is 0 Å². The van der Waals surface area contributed by atoms with E-state index in [2.05, 4.69) is 10.1 Å². The number of ether oxygens (including phenoxy) is 1. The van der Waals surface area contributed by atoms with Gasteiger partial charge in [-0.15, -0.1) is 11.3 Å². The molecule has 0 unspecified atom stereocenters. The van der Waals surface area contributed by atoms with Gasteiger partial charge in [0.2, 0.25) is 0 Å². The highest BCUT2D eigenvalue weighted by molar-refractivity contribution is 7.91. The van der Waals surface area contributed by atoms with E-state index in [-0.39, 0.29) is 12.7 Å². The van der Waals surface area contributed by atoms with Crippen LogP contribution in [0.1, 0.15) is 24.6 Å². The molecular weight excluding hydrogens is 326 g/mol. The molecule has 9 heteroatoms. The maximum Gasteiger partial charge on any atom is 0.252 e. The Bertz CT molecular complexity index is 703. The summed E-state index contributed by atoms with van der Waals surface area (Å²) < 4.78 is 37.4. The van der Waals surface area contributed by atoms with E-state index >= 15 is 0 Å². The van der Waals surface area contributed by atoms with Gasteiger partial charge in [0, 0.05) is 13.1 Å². The fourth-order valence-corrected chi connectivity index (χ4v) is 4.98. The lowest BCUT2D eigenvalue weighted by Gasteiger charge is -2.30. The second-order valence-electron chi connectivity index (χ2n) is 5.08. The highest BCUT2D eigenvalue weighted by Gasteiger charge is 2.30. The molecule has 7 nitrogen and oxygen atoms in total. The average molecular weight is 343 g/mol. The first-order chi connectivity index (χ1) is 10.6. The summed E-state index contributed by atoms with van der Waals surface area (Å²) in [5.74, 6) is 1.03. The Morgan fingerprint density at radius 2 is 2.23 bits per heavy atom. The normalized spacial score (nSPS) is 17.9. The standard InChI is InChI=1S/C13H17N3O4S2/c1-10-14-12(20-15-10)9-19-11-4-6-16(7-5-11)22(17,18)13-3-2-8-21-13/h2-3,8,11H,4-7,9H2,1H3. The number of sulfonamides is 1. The van der Waals surface area contributed by atoms with Crippen LogP contribution in [0.2, 0.25) is 0 Å². The van der Waals surface area contributed by atoms with Crippen molar-refractivity contribution in [3.8, 4) is 0 Å². The molecule has 2 aromatic heterocycles. The van der Waals surface area contributed by atoms with Crippen LogP contribution in [0, 0.1) is 6.92 Å². The minimum atomic E-state index is -3.35. The van der Waals surface area contributed by atoms with E-state index in [1.165, 1.54) is 15.6 Å². The first-order valence-electron chi connectivity index (χ1n) is 7.00. The number of hydrogen-bond acceptors (Lipinski definition) is 7. The van der Waals surface area contributed by atoms with Crippen LogP contribution < -0.4 is 0 Å². The minimum Gasteiger partial charge on any atom is -0.368 e. The predicted octanol–water partition coefficient (Wildman–Crippen LogP) is 1.81. The summed E-state index contributed by atoms with van der Waals surface area (Å²) in [6, 6.07) is 3.39. The maximum atomic E-state index is 12.4. The van der Waals surface area contributed by atoms with Gasteiger partial charge in [-0.1, -0.05) is 11.2 Å². The molecule has 0 saturated carbocycles. The molecule has 0 bridgehead atoms. The molecule has 3 heterocycles. The Kier molecular flexibility index (Phi) is 4.57. The molecule has 0 amide bonds.